The lowest BCUT2D eigenvalue weighted by Gasteiger charge is -2.16. The number of imidazole rings is 1. The molecule has 1 aromatic carbocycles. The van der Waals surface area contributed by atoms with Gasteiger partial charge in [0.05, 0.1) is 29.6 Å². The summed E-state index contributed by atoms with van der Waals surface area (Å²) in [5, 5.41) is 7.72. The Kier molecular flexibility index (Phi) is 2.92. The zero-order valence-electron chi connectivity index (χ0n) is 12.3. The molecule has 7 nitrogen and oxygen atoms in total. The van der Waals surface area contributed by atoms with E-state index >= 15 is 0 Å². The molecule has 1 aliphatic rings. The number of hydrogen-bond acceptors (Lipinski definition) is 4. The molecule has 1 fully saturated rings. The maximum absolute atomic E-state index is 12.4. The van der Waals surface area contributed by atoms with Crippen LogP contribution in [-0.2, 0) is 7.05 Å². The van der Waals surface area contributed by atoms with Gasteiger partial charge in [-0.15, -0.1) is 5.10 Å². The van der Waals surface area contributed by atoms with Crippen LogP contribution >= 0.6 is 0 Å². The number of amides is 1. The summed E-state index contributed by atoms with van der Waals surface area (Å²) in [5.74, 6) is -0.0555. The Morgan fingerprint density at radius 2 is 2.18 bits per heavy atom. The van der Waals surface area contributed by atoms with Crippen LogP contribution in [0.4, 0.5) is 0 Å². The number of aryl methyl sites for hydroxylation is 1. The third kappa shape index (κ3) is 2.05. The summed E-state index contributed by atoms with van der Waals surface area (Å²) in [6, 6.07) is 8.32. The van der Waals surface area contributed by atoms with Crippen molar-refractivity contribution in [2.75, 3.05) is 13.1 Å². The first kappa shape index (κ1) is 13.0. The van der Waals surface area contributed by atoms with Gasteiger partial charge in [-0.1, -0.05) is 17.3 Å². The van der Waals surface area contributed by atoms with Gasteiger partial charge >= 0.3 is 0 Å². The molecule has 0 N–H and O–H groups in total. The molecule has 0 aliphatic carbocycles. The van der Waals surface area contributed by atoms with E-state index < -0.39 is 0 Å². The van der Waals surface area contributed by atoms with Crippen molar-refractivity contribution in [3.8, 4) is 0 Å². The third-order valence-electron chi connectivity index (χ3n) is 4.15. The third-order valence-corrected chi connectivity index (χ3v) is 4.15. The number of likely N-dealkylation sites (tertiary alicyclic amines) is 1. The van der Waals surface area contributed by atoms with Gasteiger partial charge in [0.2, 0.25) is 0 Å². The lowest BCUT2D eigenvalue weighted by molar-refractivity contribution is 0.0782. The molecule has 2 aromatic heterocycles. The molecule has 1 unspecified atom stereocenters. The molecule has 0 radical (unpaired) electrons. The number of carbonyl (C=O) groups excluding carboxylic acids is 1. The summed E-state index contributed by atoms with van der Waals surface area (Å²) in [4.78, 5) is 18.7. The molecular weight excluding hydrogens is 280 g/mol. The zero-order chi connectivity index (χ0) is 15.1. The second-order valence-electron chi connectivity index (χ2n) is 5.61. The van der Waals surface area contributed by atoms with E-state index in [0.717, 1.165) is 24.0 Å². The number of carbonyl (C=O) groups is 1. The molecule has 3 heterocycles. The van der Waals surface area contributed by atoms with E-state index in [1.165, 1.54) is 0 Å². The quantitative estimate of drug-likeness (QED) is 0.714. The first-order valence-electron chi connectivity index (χ1n) is 7.29. The largest absolute Gasteiger partial charge is 0.335 e. The average Bonchev–Trinajstić information content (AvgIpc) is 3.24. The fourth-order valence-corrected chi connectivity index (χ4v) is 3.03. The second-order valence-corrected chi connectivity index (χ2v) is 5.61. The Hall–Kier alpha value is -2.70. The highest BCUT2D eigenvalue weighted by Gasteiger charge is 2.29. The maximum Gasteiger partial charge on any atom is 0.276 e. The minimum Gasteiger partial charge on any atom is -0.335 e. The normalized spacial score (nSPS) is 18.2. The number of aromatic nitrogens is 5. The molecule has 22 heavy (non-hydrogen) atoms. The summed E-state index contributed by atoms with van der Waals surface area (Å²) in [6.45, 7) is 1.41. The van der Waals surface area contributed by atoms with Crippen LogP contribution < -0.4 is 0 Å². The Morgan fingerprint density at radius 3 is 3.00 bits per heavy atom. The van der Waals surface area contributed by atoms with Crippen LogP contribution in [0.3, 0.4) is 0 Å². The molecule has 1 saturated heterocycles. The van der Waals surface area contributed by atoms with Gasteiger partial charge in [0.1, 0.15) is 0 Å². The number of rotatable bonds is 2. The molecule has 1 aliphatic heterocycles. The van der Waals surface area contributed by atoms with Crippen LogP contribution in [0.25, 0.3) is 11.0 Å². The number of benzene rings is 1. The van der Waals surface area contributed by atoms with E-state index in [4.69, 9.17) is 0 Å². The fourth-order valence-electron chi connectivity index (χ4n) is 3.03. The Labute approximate surface area is 127 Å². The number of para-hydroxylation sites is 2. The average molecular weight is 296 g/mol. The summed E-state index contributed by atoms with van der Waals surface area (Å²) in [6.07, 6.45) is 4.44. The second kappa shape index (κ2) is 4.94. The molecule has 7 heteroatoms. The number of fused-ring (bicyclic) bond motifs is 1. The summed E-state index contributed by atoms with van der Waals surface area (Å²) >= 11 is 0. The molecule has 3 aromatic rings. The Morgan fingerprint density at radius 1 is 1.32 bits per heavy atom. The van der Waals surface area contributed by atoms with Gasteiger partial charge in [0.15, 0.2) is 5.69 Å². The fraction of sp³-hybridized carbons (Fsp3) is 0.333. The van der Waals surface area contributed by atoms with Gasteiger partial charge in [-0.25, -0.2) is 4.98 Å². The molecule has 4 rings (SSSR count). The van der Waals surface area contributed by atoms with Gasteiger partial charge in [-0.05, 0) is 18.6 Å². The van der Waals surface area contributed by atoms with E-state index in [9.17, 15) is 4.79 Å². The van der Waals surface area contributed by atoms with Crippen molar-refractivity contribution in [3.63, 3.8) is 0 Å². The summed E-state index contributed by atoms with van der Waals surface area (Å²) in [7, 11) is 1.76. The minimum absolute atomic E-state index is 0.0555. The molecule has 1 amide bonds. The van der Waals surface area contributed by atoms with Crippen molar-refractivity contribution >= 4 is 16.9 Å². The molecule has 0 saturated carbocycles. The van der Waals surface area contributed by atoms with Gasteiger partial charge in [0.25, 0.3) is 5.91 Å². The summed E-state index contributed by atoms with van der Waals surface area (Å²) < 4.78 is 3.71. The van der Waals surface area contributed by atoms with Crippen molar-refractivity contribution in [3.05, 3.63) is 42.5 Å². The number of hydrogen-bond donors (Lipinski definition) is 0. The SMILES string of the molecule is Cn1cc(C(=O)N2CCC(n3cnc4ccccc43)C2)nn1. The van der Waals surface area contributed by atoms with E-state index in [0.29, 0.717) is 12.2 Å². The molecule has 1 atom stereocenters. The van der Waals surface area contributed by atoms with Crippen LogP contribution in [0, 0.1) is 0 Å². The molecule has 112 valence electrons. The van der Waals surface area contributed by atoms with Crippen LogP contribution in [-0.4, -0.2) is 48.4 Å². The highest BCUT2D eigenvalue weighted by Crippen LogP contribution is 2.26. The van der Waals surface area contributed by atoms with Crippen molar-refractivity contribution < 1.29 is 4.79 Å². The van der Waals surface area contributed by atoms with Gasteiger partial charge in [-0.3, -0.25) is 9.48 Å². The molecule has 0 spiro atoms. The molecule has 0 bridgehead atoms. The van der Waals surface area contributed by atoms with Crippen LogP contribution in [0.2, 0.25) is 0 Å². The van der Waals surface area contributed by atoms with Gasteiger partial charge < -0.3 is 9.47 Å². The maximum atomic E-state index is 12.4. The van der Waals surface area contributed by atoms with Crippen molar-refractivity contribution in [2.45, 2.75) is 12.5 Å². The topological polar surface area (TPSA) is 68.8 Å². The van der Waals surface area contributed by atoms with Crippen LogP contribution in [0.15, 0.2) is 36.8 Å². The Balaban J connectivity index is 1.56. The zero-order valence-corrected chi connectivity index (χ0v) is 12.3. The Bertz CT molecular complexity index is 835. The predicted molar refractivity (Wildman–Crippen MR) is 80.3 cm³/mol. The predicted octanol–water partition coefficient (Wildman–Crippen LogP) is 1.25. The lowest BCUT2D eigenvalue weighted by Crippen LogP contribution is -2.29. The highest BCUT2D eigenvalue weighted by atomic mass is 16.2. The monoisotopic (exact) mass is 296 g/mol. The van der Waals surface area contributed by atoms with E-state index in [-0.39, 0.29) is 11.9 Å². The minimum atomic E-state index is -0.0555. The molecular formula is C15H16N6O. The number of nitrogens with zero attached hydrogens (tertiary/aromatic N) is 6. The van der Waals surface area contributed by atoms with Crippen molar-refractivity contribution in [1.29, 1.82) is 0 Å². The van der Waals surface area contributed by atoms with Gasteiger partial charge in [-0.2, -0.15) is 0 Å². The van der Waals surface area contributed by atoms with Gasteiger partial charge in [0, 0.05) is 20.1 Å². The highest BCUT2D eigenvalue weighted by molar-refractivity contribution is 5.92. The van der Waals surface area contributed by atoms with E-state index in [1.807, 2.05) is 29.4 Å². The van der Waals surface area contributed by atoms with Crippen LogP contribution in [0.5, 0.6) is 0 Å². The van der Waals surface area contributed by atoms with E-state index in [2.05, 4.69) is 25.9 Å². The standard InChI is InChI=1S/C15H16N6O/c1-19-9-13(17-18-19)15(22)20-7-6-11(8-20)21-10-16-12-4-2-3-5-14(12)21/h2-5,9-11H,6-8H2,1H3. The van der Waals surface area contributed by atoms with Crippen molar-refractivity contribution in [1.82, 2.24) is 29.4 Å². The van der Waals surface area contributed by atoms with Crippen molar-refractivity contribution in [2.24, 2.45) is 7.05 Å². The van der Waals surface area contributed by atoms with E-state index in [1.54, 1.807) is 17.9 Å². The lowest BCUT2D eigenvalue weighted by atomic mass is 10.2. The summed E-state index contributed by atoms with van der Waals surface area (Å²) in [5.41, 5.74) is 2.50. The smallest absolute Gasteiger partial charge is 0.276 e. The first-order valence-corrected chi connectivity index (χ1v) is 7.29. The first-order chi connectivity index (χ1) is 10.7. The van der Waals surface area contributed by atoms with Crippen LogP contribution in [0.1, 0.15) is 23.0 Å².